The first-order valence-electron chi connectivity index (χ1n) is 6.64. The smallest absolute Gasteiger partial charge is 0.164 e. The highest BCUT2D eigenvalue weighted by molar-refractivity contribution is 5.88. The van der Waals surface area contributed by atoms with Gasteiger partial charge in [-0.3, -0.25) is 4.79 Å². The van der Waals surface area contributed by atoms with Crippen LogP contribution in [-0.4, -0.2) is 16.5 Å². The van der Waals surface area contributed by atoms with Crippen molar-refractivity contribution in [2.24, 2.45) is 29.1 Å². The van der Waals surface area contributed by atoms with Crippen molar-refractivity contribution in [3.8, 4) is 0 Å². The standard InChI is InChI=1S/C14H22O2/c1-8-6-7-14(16)10(15)5-4-9-12(11(8)14)13(9,2)3/h8-9,11-12,16H,4-7H2,1-3H3/t8-,9?,11+,12?,14+/m1/s1. The number of ketones is 1. The Kier molecular flexibility index (Phi) is 1.95. The zero-order valence-corrected chi connectivity index (χ0v) is 10.5. The summed E-state index contributed by atoms with van der Waals surface area (Å²) >= 11 is 0. The molecular weight excluding hydrogens is 200 g/mol. The summed E-state index contributed by atoms with van der Waals surface area (Å²) in [6, 6.07) is 0. The van der Waals surface area contributed by atoms with E-state index in [0.717, 1.165) is 12.8 Å². The third-order valence-electron chi connectivity index (χ3n) is 5.84. The van der Waals surface area contributed by atoms with Crippen LogP contribution in [0.4, 0.5) is 0 Å². The number of hydrogen-bond donors (Lipinski definition) is 1. The average Bonchev–Trinajstić information content (AvgIpc) is 2.64. The number of aliphatic hydroxyl groups is 1. The first-order valence-corrected chi connectivity index (χ1v) is 6.64. The van der Waals surface area contributed by atoms with Gasteiger partial charge >= 0.3 is 0 Å². The zero-order valence-electron chi connectivity index (χ0n) is 10.5. The second-order valence-corrected chi connectivity index (χ2v) is 6.88. The van der Waals surface area contributed by atoms with Crippen molar-refractivity contribution in [1.82, 2.24) is 0 Å². The Hall–Kier alpha value is -0.370. The van der Waals surface area contributed by atoms with Crippen LogP contribution in [-0.2, 0) is 4.79 Å². The summed E-state index contributed by atoms with van der Waals surface area (Å²) in [4.78, 5) is 12.1. The SMILES string of the molecule is C[C@@H]1CC[C@]2(O)C(=O)CCC3C([C@H]12)C3(C)C. The molecule has 5 atom stereocenters. The van der Waals surface area contributed by atoms with Gasteiger partial charge in [0, 0.05) is 12.3 Å². The van der Waals surface area contributed by atoms with E-state index in [4.69, 9.17) is 0 Å². The topological polar surface area (TPSA) is 37.3 Å². The molecule has 3 saturated carbocycles. The van der Waals surface area contributed by atoms with Crippen molar-refractivity contribution in [1.29, 1.82) is 0 Å². The van der Waals surface area contributed by atoms with E-state index >= 15 is 0 Å². The van der Waals surface area contributed by atoms with Gasteiger partial charge in [-0.1, -0.05) is 20.8 Å². The van der Waals surface area contributed by atoms with Gasteiger partial charge in [0.05, 0.1) is 0 Å². The highest BCUT2D eigenvalue weighted by atomic mass is 16.3. The summed E-state index contributed by atoms with van der Waals surface area (Å²) in [5.74, 6) is 2.14. The molecule has 3 aliphatic carbocycles. The lowest BCUT2D eigenvalue weighted by atomic mass is 9.77. The minimum absolute atomic E-state index is 0.129. The molecule has 0 spiro atoms. The van der Waals surface area contributed by atoms with Gasteiger partial charge in [0.2, 0.25) is 0 Å². The third-order valence-corrected chi connectivity index (χ3v) is 5.84. The first-order chi connectivity index (χ1) is 7.39. The zero-order chi connectivity index (χ0) is 11.7. The molecule has 90 valence electrons. The number of rotatable bonds is 0. The molecule has 2 unspecified atom stereocenters. The molecule has 0 amide bonds. The summed E-state index contributed by atoms with van der Waals surface area (Å²) < 4.78 is 0. The van der Waals surface area contributed by atoms with Crippen LogP contribution in [0.15, 0.2) is 0 Å². The van der Waals surface area contributed by atoms with Crippen molar-refractivity contribution in [3.63, 3.8) is 0 Å². The summed E-state index contributed by atoms with van der Waals surface area (Å²) in [6.45, 7) is 6.83. The number of hydrogen-bond acceptors (Lipinski definition) is 2. The Morgan fingerprint density at radius 1 is 1.25 bits per heavy atom. The number of carbonyl (C=O) groups is 1. The Morgan fingerprint density at radius 3 is 2.62 bits per heavy atom. The van der Waals surface area contributed by atoms with Gasteiger partial charge in [-0.05, 0) is 42.4 Å². The lowest BCUT2D eigenvalue weighted by Gasteiger charge is -2.31. The molecule has 0 bridgehead atoms. The second kappa shape index (κ2) is 2.90. The van der Waals surface area contributed by atoms with Crippen LogP contribution in [0.25, 0.3) is 0 Å². The molecule has 1 N–H and O–H groups in total. The quantitative estimate of drug-likeness (QED) is 0.683. The summed E-state index contributed by atoms with van der Waals surface area (Å²) in [5.41, 5.74) is -0.607. The van der Waals surface area contributed by atoms with Gasteiger partial charge < -0.3 is 5.11 Å². The van der Waals surface area contributed by atoms with Crippen molar-refractivity contribution in [3.05, 3.63) is 0 Å². The van der Waals surface area contributed by atoms with Crippen molar-refractivity contribution in [2.45, 2.75) is 52.1 Å². The van der Waals surface area contributed by atoms with Crippen molar-refractivity contribution >= 4 is 5.78 Å². The molecule has 3 rings (SSSR count). The predicted octanol–water partition coefficient (Wildman–Crippen LogP) is 2.40. The fraction of sp³-hybridized carbons (Fsp3) is 0.929. The molecule has 0 aromatic heterocycles. The first kappa shape index (κ1) is 10.8. The van der Waals surface area contributed by atoms with E-state index in [2.05, 4.69) is 20.8 Å². The van der Waals surface area contributed by atoms with Gasteiger partial charge in [-0.15, -0.1) is 0 Å². The highest BCUT2D eigenvalue weighted by Crippen LogP contribution is 2.70. The molecule has 0 radical (unpaired) electrons. The van der Waals surface area contributed by atoms with Gasteiger partial charge in [0.1, 0.15) is 5.60 Å². The fourth-order valence-corrected chi connectivity index (χ4v) is 4.80. The van der Waals surface area contributed by atoms with Gasteiger partial charge in [-0.2, -0.15) is 0 Å². The van der Waals surface area contributed by atoms with Gasteiger partial charge in [0.25, 0.3) is 0 Å². The van der Waals surface area contributed by atoms with E-state index in [1.165, 1.54) is 0 Å². The minimum Gasteiger partial charge on any atom is -0.382 e. The maximum absolute atomic E-state index is 12.1. The average molecular weight is 222 g/mol. The predicted molar refractivity (Wildman–Crippen MR) is 61.8 cm³/mol. The lowest BCUT2D eigenvalue weighted by molar-refractivity contribution is -0.142. The van der Waals surface area contributed by atoms with Crippen LogP contribution in [0, 0.1) is 29.1 Å². The third kappa shape index (κ3) is 1.09. The number of carbonyl (C=O) groups excluding carboxylic acids is 1. The highest BCUT2D eigenvalue weighted by Gasteiger charge is 2.69. The number of fused-ring (bicyclic) bond motifs is 3. The maximum Gasteiger partial charge on any atom is 0.164 e. The van der Waals surface area contributed by atoms with E-state index in [0.29, 0.717) is 36.0 Å². The molecule has 0 aromatic rings. The molecule has 0 heterocycles. The summed E-state index contributed by atoms with van der Waals surface area (Å²) in [6.07, 6.45) is 3.33. The molecular formula is C14H22O2. The molecule has 3 aliphatic rings. The molecule has 0 aliphatic heterocycles. The van der Waals surface area contributed by atoms with E-state index in [-0.39, 0.29) is 11.7 Å². The van der Waals surface area contributed by atoms with Crippen molar-refractivity contribution in [2.75, 3.05) is 0 Å². The Labute approximate surface area is 97.4 Å². The molecule has 2 nitrogen and oxygen atoms in total. The van der Waals surface area contributed by atoms with Gasteiger partial charge in [-0.25, -0.2) is 0 Å². The lowest BCUT2D eigenvalue weighted by Crippen LogP contribution is -2.44. The van der Waals surface area contributed by atoms with Crippen LogP contribution in [0.2, 0.25) is 0 Å². The Balaban J connectivity index is 2.01. The van der Waals surface area contributed by atoms with E-state index in [9.17, 15) is 9.90 Å². The van der Waals surface area contributed by atoms with Crippen LogP contribution >= 0.6 is 0 Å². The monoisotopic (exact) mass is 222 g/mol. The maximum atomic E-state index is 12.1. The normalized spacial score (nSPS) is 54.1. The minimum atomic E-state index is -0.966. The molecule has 16 heavy (non-hydrogen) atoms. The largest absolute Gasteiger partial charge is 0.382 e. The van der Waals surface area contributed by atoms with Crippen LogP contribution in [0.5, 0.6) is 0 Å². The van der Waals surface area contributed by atoms with Crippen LogP contribution in [0.1, 0.15) is 46.5 Å². The molecule has 0 saturated heterocycles. The van der Waals surface area contributed by atoms with E-state index in [1.54, 1.807) is 0 Å². The van der Waals surface area contributed by atoms with Gasteiger partial charge in [0.15, 0.2) is 5.78 Å². The molecule has 0 aromatic carbocycles. The second-order valence-electron chi connectivity index (χ2n) is 6.88. The van der Waals surface area contributed by atoms with Crippen molar-refractivity contribution < 1.29 is 9.90 Å². The van der Waals surface area contributed by atoms with E-state index in [1.807, 2.05) is 0 Å². The van der Waals surface area contributed by atoms with Crippen LogP contribution in [0.3, 0.4) is 0 Å². The fourth-order valence-electron chi connectivity index (χ4n) is 4.80. The Bertz CT molecular complexity index is 347. The number of Topliss-reactive ketones (excluding diaryl/α,β-unsaturated/α-hetero) is 1. The Morgan fingerprint density at radius 2 is 1.94 bits per heavy atom. The summed E-state index contributed by atoms with van der Waals surface area (Å²) in [5, 5.41) is 10.7. The summed E-state index contributed by atoms with van der Waals surface area (Å²) in [7, 11) is 0. The molecule has 3 fully saturated rings. The molecule has 2 heteroatoms. The van der Waals surface area contributed by atoms with Crippen LogP contribution < -0.4 is 0 Å². The van der Waals surface area contributed by atoms with E-state index < -0.39 is 5.60 Å².